The number of nitrogens with one attached hydrogen (secondary N) is 3. The van der Waals surface area contributed by atoms with Crippen molar-refractivity contribution in [3.05, 3.63) is 12.2 Å². The lowest BCUT2D eigenvalue weighted by Gasteiger charge is -2.33. The Balaban J connectivity index is 1.63. The van der Waals surface area contributed by atoms with Crippen LogP contribution in [-0.4, -0.2) is 82.9 Å². The molecule has 3 fully saturated rings. The van der Waals surface area contributed by atoms with Gasteiger partial charge >= 0.3 is 6.09 Å². The fourth-order valence-corrected chi connectivity index (χ4v) is 7.27. The first-order chi connectivity index (χ1) is 19.4. The molecule has 0 aromatic heterocycles. The number of hydrogen-bond donors (Lipinski definition) is 4. The van der Waals surface area contributed by atoms with Gasteiger partial charge in [0.2, 0.25) is 21.8 Å². The molecule has 0 aromatic rings. The number of amides is 4. The third-order valence-corrected chi connectivity index (χ3v) is 11.1. The third-order valence-electron chi connectivity index (χ3n) is 8.94. The van der Waals surface area contributed by atoms with Crippen LogP contribution in [-0.2, 0) is 29.1 Å². The molecule has 0 aromatic carbocycles. The summed E-state index contributed by atoms with van der Waals surface area (Å²) in [5, 5.41) is 16.0. The van der Waals surface area contributed by atoms with Crippen LogP contribution in [0.15, 0.2) is 12.2 Å². The number of rotatable bonds is 4. The van der Waals surface area contributed by atoms with Gasteiger partial charge in [-0.3, -0.25) is 19.1 Å². The van der Waals surface area contributed by atoms with E-state index in [1.807, 2.05) is 19.1 Å². The second-order valence-electron chi connectivity index (χ2n) is 14.0. The molecule has 4 amide bonds. The number of carbonyl (C=O) groups excluding carboxylic acids is 4. The van der Waals surface area contributed by atoms with E-state index < -0.39 is 73.8 Å². The van der Waals surface area contributed by atoms with Crippen molar-refractivity contribution in [2.24, 2.45) is 17.8 Å². The van der Waals surface area contributed by atoms with Gasteiger partial charge in [0.1, 0.15) is 23.2 Å². The summed E-state index contributed by atoms with van der Waals surface area (Å²) >= 11 is 0. The second-order valence-corrected chi connectivity index (χ2v) is 16.2. The van der Waals surface area contributed by atoms with Crippen molar-refractivity contribution in [1.29, 1.82) is 0 Å². The van der Waals surface area contributed by atoms with E-state index in [-0.39, 0.29) is 31.2 Å². The molecule has 0 bridgehead atoms. The molecule has 4 N–H and O–H groups in total. The Morgan fingerprint density at radius 3 is 2.45 bits per heavy atom. The first kappa shape index (κ1) is 32.2. The van der Waals surface area contributed by atoms with Crippen LogP contribution in [0.1, 0.15) is 86.5 Å². The molecular formula is C29H46N4O8S. The monoisotopic (exact) mass is 610 g/mol. The number of alkyl carbamates (subject to hydrolysis) is 1. The highest BCUT2D eigenvalue weighted by molar-refractivity contribution is 7.91. The summed E-state index contributed by atoms with van der Waals surface area (Å²) in [6.45, 7) is 10.5. The number of allylic oxidation sites excluding steroid dienone is 1. The average molecular weight is 611 g/mol. The summed E-state index contributed by atoms with van der Waals surface area (Å²) in [6.07, 6.45) is 5.17. The van der Waals surface area contributed by atoms with Crippen LogP contribution in [0, 0.1) is 17.8 Å². The molecule has 236 valence electrons. The van der Waals surface area contributed by atoms with E-state index in [1.165, 1.54) is 4.90 Å². The van der Waals surface area contributed by atoms with Crippen molar-refractivity contribution in [2.45, 2.75) is 121 Å². The molecule has 2 saturated carbocycles. The van der Waals surface area contributed by atoms with Crippen molar-refractivity contribution < 1.29 is 37.4 Å². The van der Waals surface area contributed by atoms with Gasteiger partial charge in [-0.2, -0.15) is 0 Å². The SMILES string of the molecule is CC1CCC=CC2CC2(C(=O)NS(=O)(=O)C2(C)CC2)NC(=O)C2CC(O)CN2C(=O)C(NC(=O)OC(C)(C)C)C(C)C1. The Morgan fingerprint density at radius 2 is 1.83 bits per heavy atom. The lowest BCUT2D eigenvalue weighted by Crippen LogP contribution is -2.59. The highest BCUT2D eigenvalue weighted by Crippen LogP contribution is 2.47. The quantitative estimate of drug-likeness (QED) is 0.349. The fourth-order valence-electron chi connectivity index (χ4n) is 5.96. The van der Waals surface area contributed by atoms with Crippen LogP contribution in [0.25, 0.3) is 0 Å². The van der Waals surface area contributed by atoms with Crippen LogP contribution in [0.4, 0.5) is 4.79 Å². The third kappa shape index (κ3) is 6.93. The minimum absolute atomic E-state index is 0.0594. The van der Waals surface area contributed by atoms with Gasteiger partial charge in [0.25, 0.3) is 5.91 Å². The number of hydrogen-bond acceptors (Lipinski definition) is 8. The normalized spacial score (nSPS) is 35.1. The van der Waals surface area contributed by atoms with E-state index >= 15 is 0 Å². The van der Waals surface area contributed by atoms with Gasteiger partial charge in [0.15, 0.2) is 0 Å². The van der Waals surface area contributed by atoms with Crippen LogP contribution in [0.2, 0.25) is 0 Å². The van der Waals surface area contributed by atoms with Gasteiger partial charge in [-0.05, 0) is 78.1 Å². The van der Waals surface area contributed by atoms with Gasteiger partial charge < -0.3 is 25.4 Å². The first-order valence-corrected chi connectivity index (χ1v) is 16.4. The summed E-state index contributed by atoms with van der Waals surface area (Å²) < 4.78 is 32.3. The van der Waals surface area contributed by atoms with Crippen LogP contribution >= 0.6 is 0 Å². The molecule has 4 rings (SSSR count). The van der Waals surface area contributed by atoms with E-state index in [0.29, 0.717) is 25.7 Å². The minimum atomic E-state index is -3.94. The molecule has 2 aliphatic carbocycles. The number of aliphatic hydroxyl groups is 1. The van der Waals surface area contributed by atoms with Crippen LogP contribution in [0.3, 0.4) is 0 Å². The second kappa shape index (κ2) is 11.4. The number of sulfonamides is 1. The van der Waals surface area contributed by atoms with Crippen LogP contribution in [0.5, 0.6) is 0 Å². The first-order valence-electron chi connectivity index (χ1n) is 14.9. The topological polar surface area (TPSA) is 171 Å². The molecule has 0 spiro atoms. The lowest BCUT2D eigenvalue weighted by molar-refractivity contribution is -0.142. The fraction of sp³-hybridized carbons (Fsp3) is 0.793. The Bertz CT molecular complexity index is 1240. The molecule has 0 radical (unpaired) electrons. The summed E-state index contributed by atoms with van der Waals surface area (Å²) in [5.74, 6) is -2.53. The Morgan fingerprint density at radius 1 is 1.17 bits per heavy atom. The molecule has 13 heteroatoms. The molecule has 12 nitrogen and oxygen atoms in total. The molecule has 7 atom stereocenters. The Labute approximate surface area is 248 Å². The van der Waals surface area contributed by atoms with Crippen LogP contribution < -0.4 is 15.4 Å². The van der Waals surface area contributed by atoms with Crippen molar-refractivity contribution >= 4 is 33.8 Å². The van der Waals surface area contributed by atoms with Crippen molar-refractivity contribution in [3.63, 3.8) is 0 Å². The summed E-state index contributed by atoms with van der Waals surface area (Å²) in [5.41, 5.74) is -2.27. The highest BCUT2D eigenvalue weighted by atomic mass is 32.2. The van der Waals surface area contributed by atoms with Gasteiger partial charge in [-0.15, -0.1) is 0 Å². The summed E-state index contributed by atoms with van der Waals surface area (Å²) in [4.78, 5) is 55.2. The maximum Gasteiger partial charge on any atom is 0.408 e. The minimum Gasteiger partial charge on any atom is -0.444 e. The Kier molecular flexibility index (Phi) is 8.78. The van der Waals surface area contributed by atoms with Crippen molar-refractivity contribution in [2.75, 3.05) is 6.54 Å². The van der Waals surface area contributed by atoms with E-state index in [0.717, 1.165) is 6.42 Å². The van der Waals surface area contributed by atoms with Gasteiger partial charge in [0.05, 0.1) is 10.9 Å². The zero-order valence-electron chi connectivity index (χ0n) is 25.4. The van der Waals surface area contributed by atoms with E-state index in [1.54, 1.807) is 27.7 Å². The molecule has 7 unspecified atom stereocenters. The molecule has 42 heavy (non-hydrogen) atoms. The zero-order valence-corrected chi connectivity index (χ0v) is 26.3. The molecule has 4 aliphatic rings. The van der Waals surface area contributed by atoms with E-state index in [2.05, 4.69) is 22.3 Å². The maximum atomic E-state index is 14.0. The highest BCUT2D eigenvalue weighted by Gasteiger charge is 2.63. The van der Waals surface area contributed by atoms with Crippen molar-refractivity contribution in [1.82, 2.24) is 20.3 Å². The van der Waals surface area contributed by atoms with E-state index in [9.17, 15) is 32.7 Å². The predicted octanol–water partition coefficient (Wildman–Crippen LogP) is 1.73. The molecule has 1 saturated heterocycles. The average Bonchev–Trinajstić information content (AvgIpc) is 3.74. The summed E-state index contributed by atoms with van der Waals surface area (Å²) in [7, 11) is -3.94. The number of fused-ring (bicyclic) bond motifs is 2. The number of nitrogens with zero attached hydrogens (tertiary/aromatic N) is 1. The Hall–Kier alpha value is -2.67. The molecule has 2 heterocycles. The number of ether oxygens (including phenoxy) is 1. The van der Waals surface area contributed by atoms with Gasteiger partial charge in [-0.1, -0.05) is 26.0 Å². The lowest BCUT2D eigenvalue weighted by atomic mass is 9.88. The predicted molar refractivity (Wildman–Crippen MR) is 154 cm³/mol. The number of carbonyl (C=O) groups is 4. The van der Waals surface area contributed by atoms with E-state index in [4.69, 9.17) is 4.74 Å². The van der Waals surface area contributed by atoms with Crippen molar-refractivity contribution in [3.8, 4) is 0 Å². The largest absolute Gasteiger partial charge is 0.444 e. The molecule has 2 aliphatic heterocycles. The smallest absolute Gasteiger partial charge is 0.408 e. The molecular weight excluding hydrogens is 564 g/mol. The van der Waals surface area contributed by atoms with Gasteiger partial charge in [-0.25, -0.2) is 13.2 Å². The zero-order chi connectivity index (χ0) is 31.3. The van der Waals surface area contributed by atoms with Gasteiger partial charge in [0, 0.05) is 18.9 Å². The number of aliphatic hydroxyl groups excluding tert-OH is 1. The standard InChI is InChI=1S/C29H46N4O8S/c1-17-9-7-8-10-19-15-29(19,25(37)32-42(39,40)28(6)11-12-28)31-23(35)21-14-20(34)16-33(21)24(36)22(18(2)13-17)30-26(38)41-27(3,4)5/h8,10,17-22,34H,7,9,11-16H2,1-6H3,(H,30,38)(H,31,35)(H,32,37). The summed E-state index contributed by atoms with van der Waals surface area (Å²) in [6, 6.07) is -2.13. The maximum absolute atomic E-state index is 14.0.